The molecule has 0 radical (unpaired) electrons. The molecule has 0 aliphatic rings. The summed E-state index contributed by atoms with van der Waals surface area (Å²) < 4.78 is 5.13. The lowest BCUT2D eigenvalue weighted by atomic mass is 10.1. The molecule has 1 aromatic rings. The zero-order valence-corrected chi connectivity index (χ0v) is 11.3. The van der Waals surface area contributed by atoms with Crippen LogP contribution in [0.15, 0.2) is 36.4 Å². The minimum atomic E-state index is -0.103. The lowest BCUT2D eigenvalue weighted by Gasteiger charge is -2.06. The molecular weight excluding hydrogens is 224 g/mol. The average Bonchev–Trinajstić information content (AvgIpc) is 2.38. The van der Waals surface area contributed by atoms with Gasteiger partial charge in [-0.2, -0.15) is 0 Å². The number of carbonyl (C=O) groups excluding carboxylic acids is 1. The molecule has 0 bridgehead atoms. The highest BCUT2D eigenvalue weighted by Crippen LogP contribution is 2.09. The molecule has 0 saturated heterocycles. The molecule has 0 amide bonds. The maximum Gasteiger partial charge on any atom is 0.306 e. The number of rotatable bonds is 7. The highest BCUT2D eigenvalue weighted by Gasteiger charge is 2.07. The van der Waals surface area contributed by atoms with Gasteiger partial charge in [0.25, 0.3) is 0 Å². The largest absolute Gasteiger partial charge is 0.466 e. The van der Waals surface area contributed by atoms with Crippen molar-refractivity contribution < 1.29 is 9.53 Å². The molecule has 2 heteroatoms. The maximum absolute atomic E-state index is 11.5. The van der Waals surface area contributed by atoms with Crippen LogP contribution >= 0.6 is 0 Å². The molecule has 18 heavy (non-hydrogen) atoms. The van der Waals surface area contributed by atoms with Gasteiger partial charge in [-0.1, -0.05) is 62.8 Å². The lowest BCUT2D eigenvalue weighted by molar-refractivity contribution is -0.144. The summed E-state index contributed by atoms with van der Waals surface area (Å²) in [6.45, 7) is 4.66. The van der Waals surface area contributed by atoms with Crippen LogP contribution in [0.2, 0.25) is 0 Å². The number of ether oxygens (including phenoxy) is 1. The van der Waals surface area contributed by atoms with Crippen LogP contribution in [0.5, 0.6) is 0 Å². The molecule has 0 saturated carbocycles. The van der Waals surface area contributed by atoms with Crippen molar-refractivity contribution in [2.45, 2.75) is 33.1 Å². The Kier molecular flexibility index (Phi) is 6.85. The Labute approximate surface area is 110 Å². The zero-order chi connectivity index (χ0) is 13.2. The summed E-state index contributed by atoms with van der Waals surface area (Å²) in [7, 11) is 0. The second kappa shape index (κ2) is 8.51. The van der Waals surface area contributed by atoms with E-state index >= 15 is 0 Å². The monoisotopic (exact) mass is 246 g/mol. The quantitative estimate of drug-likeness (QED) is 0.535. The Balaban J connectivity index is 2.30. The van der Waals surface area contributed by atoms with Crippen LogP contribution in [0.25, 0.3) is 6.08 Å². The van der Waals surface area contributed by atoms with Crippen LogP contribution in [-0.4, -0.2) is 12.6 Å². The van der Waals surface area contributed by atoms with Crippen molar-refractivity contribution in [2.24, 2.45) is 5.92 Å². The van der Waals surface area contributed by atoms with Crippen molar-refractivity contribution in [3.05, 3.63) is 42.0 Å². The van der Waals surface area contributed by atoms with E-state index in [1.165, 1.54) is 0 Å². The maximum atomic E-state index is 11.5. The van der Waals surface area contributed by atoms with Gasteiger partial charge in [0.2, 0.25) is 0 Å². The fourth-order valence-corrected chi connectivity index (χ4v) is 1.56. The van der Waals surface area contributed by atoms with E-state index in [0.717, 1.165) is 18.4 Å². The Morgan fingerprint density at radius 1 is 1.33 bits per heavy atom. The van der Waals surface area contributed by atoms with Crippen molar-refractivity contribution in [2.75, 3.05) is 6.61 Å². The van der Waals surface area contributed by atoms with Gasteiger partial charge in [-0.05, 0) is 17.9 Å². The van der Waals surface area contributed by atoms with Gasteiger partial charge in [0, 0.05) is 0 Å². The first-order valence-electron chi connectivity index (χ1n) is 6.61. The topological polar surface area (TPSA) is 26.3 Å². The molecular formula is C16H22O2. The van der Waals surface area contributed by atoms with E-state index in [9.17, 15) is 4.79 Å². The Morgan fingerprint density at radius 2 is 2.06 bits per heavy atom. The van der Waals surface area contributed by atoms with E-state index in [0.29, 0.717) is 13.0 Å². The summed E-state index contributed by atoms with van der Waals surface area (Å²) >= 11 is 0. The van der Waals surface area contributed by atoms with Crippen LogP contribution in [0.4, 0.5) is 0 Å². The third-order valence-corrected chi connectivity index (χ3v) is 2.67. The van der Waals surface area contributed by atoms with E-state index < -0.39 is 0 Å². The summed E-state index contributed by atoms with van der Waals surface area (Å²) in [4.78, 5) is 11.5. The molecule has 0 aliphatic heterocycles. The standard InChI is InChI=1S/C16H22O2/c1-3-4-12-18-16(17)13-14(2)10-11-15-8-6-5-7-9-15/h5-11,14H,3-4,12-13H2,1-2H3/b11-10+. The van der Waals surface area contributed by atoms with E-state index in [1.54, 1.807) is 0 Å². The summed E-state index contributed by atoms with van der Waals surface area (Å²) in [5.41, 5.74) is 1.16. The van der Waals surface area contributed by atoms with Crippen molar-refractivity contribution >= 4 is 12.0 Å². The van der Waals surface area contributed by atoms with Gasteiger partial charge in [0.1, 0.15) is 0 Å². The number of esters is 1. The normalized spacial score (nSPS) is 12.6. The molecule has 0 fully saturated rings. The molecule has 0 aliphatic carbocycles. The molecule has 0 N–H and O–H groups in total. The highest BCUT2D eigenvalue weighted by molar-refractivity contribution is 5.70. The second-order valence-electron chi connectivity index (χ2n) is 4.53. The van der Waals surface area contributed by atoms with Crippen molar-refractivity contribution in [1.29, 1.82) is 0 Å². The van der Waals surface area contributed by atoms with Gasteiger partial charge in [0.05, 0.1) is 13.0 Å². The van der Waals surface area contributed by atoms with Crippen molar-refractivity contribution in [1.82, 2.24) is 0 Å². The molecule has 1 aromatic carbocycles. The van der Waals surface area contributed by atoms with Gasteiger partial charge in [-0.15, -0.1) is 0 Å². The lowest BCUT2D eigenvalue weighted by Crippen LogP contribution is -2.09. The Morgan fingerprint density at radius 3 is 2.72 bits per heavy atom. The first kappa shape index (κ1) is 14.5. The second-order valence-corrected chi connectivity index (χ2v) is 4.53. The van der Waals surface area contributed by atoms with E-state index in [2.05, 4.69) is 13.0 Å². The predicted octanol–water partition coefficient (Wildman–Crippen LogP) is 4.07. The van der Waals surface area contributed by atoms with Crippen LogP contribution in [0.1, 0.15) is 38.7 Å². The Hall–Kier alpha value is -1.57. The number of allylic oxidation sites excluding steroid dienone is 1. The first-order chi connectivity index (χ1) is 8.72. The minimum absolute atomic E-state index is 0.103. The summed E-state index contributed by atoms with van der Waals surface area (Å²) in [5, 5.41) is 0. The third kappa shape index (κ3) is 6.24. The van der Waals surface area contributed by atoms with Gasteiger partial charge >= 0.3 is 5.97 Å². The smallest absolute Gasteiger partial charge is 0.306 e. The van der Waals surface area contributed by atoms with Crippen molar-refractivity contribution in [3.8, 4) is 0 Å². The molecule has 0 spiro atoms. The molecule has 2 nitrogen and oxygen atoms in total. The van der Waals surface area contributed by atoms with Crippen molar-refractivity contribution in [3.63, 3.8) is 0 Å². The SMILES string of the molecule is CCCCOC(=O)CC(C)/C=C/c1ccccc1. The van der Waals surface area contributed by atoms with Gasteiger partial charge in [-0.3, -0.25) is 4.79 Å². The van der Waals surface area contributed by atoms with Crippen LogP contribution < -0.4 is 0 Å². The summed E-state index contributed by atoms with van der Waals surface area (Å²) in [6, 6.07) is 10.1. The number of hydrogen-bond acceptors (Lipinski definition) is 2. The average molecular weight is 246 g/mol. The fraction of sp³-hybridized carbons (Fsp3) is 0.438. The van der Waals surface area contributed by atoms with Crippen LogP contribution in [-0.2, 0) is 9.53 Å². The number of carbonyl (C=O) groups is 1. The highest BCUT2D eigenvalue weighted by atomic mass is 16.5. The van der Waals surface area contributed by atoms with Crippen LogP contribution in [0, 0.1) is 5.92 Å². The molecule has 0 heterocycles. The summed E-state index contributed by atoms with van der Waals surface area (Å²) in [6.07, 6.45) is 6.55. The molecule has 98 valence electrons. The third-order valence-electron chi connectivity index (χ3n) is 2.67. The molecule has 1 rings (SSSR count). The molecule has 1 atom stereocenters. The van der Waals surface area contributed by atoms with Gasteiger partial charge < -0.3 is 4.74 Å². The van der Waals surface area contributed by atoms with E-state index in [1.807, 2.05) is 43.3 Å². The Bertz CT molecular complexity index is 368. The number of unbranched alkanes of at least 4 members (excludes halogenated alkanes) is 1. The van der Waals surface area contributed by atoms with Gasteiger partial charge in [-0.25, -0.2) is 0 Å². The number of benzene rings is 1. The molecule has 1 unspecified atom stereocenters. The van der Waals surface area contributed by atoms with Gasteiger partial charge in [0.15, 0.2) is 0 Å². The predicted molar refractivity (Wildman–Crippen MR) is 75.1 cm³/mol. The number of hydrogen-bond donors (Lipinski definition) is 0. The van der Waals surface area contributed by atoms with Crippen LogP contribution in [0.3, 0.4) is 0 Å². The fourth-order valence-electron chi connectivity index (χ4n) is 1.56. The van der Waals surface area contributed by atoms with E-state index in [4.69, 9.17) is 4.74 Å². The van der Waals surface area contributed by atoms with E-state index in [-0.39, 0.29) is 11.9 Å². The molecule has 0 aromatic heterocycles. The summed E-state index contributed by atoms with van der Waals surface area (Å²) in [5.74, 6) is 0.105. The first-order valence-corrected chi connectivity index (χ1v) is 6.61. The zero-order valence-electron chi connectivity index (χ0n) is 11.3. The minimum Gasteiger partial charge on any atom is -0.466 e.